The summed E-state index contributed by atoms with van der Waals surface area (Å²) in [6.07, 6.45) is 3.77. The van der Waals surface area contributed by atoms with Gasteiger partial charge in [-0.15, -0.1) is 11.3 Å². The average Bonchev–Trinajstić information content (AvgIpc) is 3.37. The molecule has 154 valence electrons. The molecule has 0 radical (unpaired) electrons. The molecule has 1 aromatic heterocycles. The first-order valence-electron chi connectivity index (χ1n) is 9.96. The largest absolute Gasteiger partial charge is 0.388 e. The number of rotatable bonds is 8. The van der Waals surface area contributed by atoms with Crippen LogP contribution in [-0.2, 0) is 17.6 Å². The lowest BCUT2D eigenvalue weighted by molar-refractivity contribution is -0.120. The second kappa shape index (κ2) is 9.19. The minimum absolute atomic E-state index is 0.271. The Morgan fingerprint density at radius 2 is 1.87 bits per heavy atom. The normalized spacial score (nSPS) is 17.2. The summed E-state index contributed by atoms with van der Waals surface area (Å²) >= 11 is 1.59. The summed E-state index contributed by atoms with van der Waals surface area (Å²) < 4.78 is 0. The molecule has 1 saturated heterocycles. The minimum Gasteiger partial charge on any atom is -0.388 e. The SMILES string of the molecule is O=C1NC(=O)N(c2ccc(C(O)Cc3ccccc3)cc2)C1CCCc1nccs1. The van der Waals surface area contributed by atoms with Crippen molar-refractivity contribution in [3.05, 3.63) is 82.3 Å². The standard InChI is InChI=1S/C23H23N3O3S/c27-20(15-16-5-2-1-3-6-16)17-9-11-18(12-10-17)26-19(22(28)25-23(26)29)7-4-8-21-24-13-14-30-21/h1-3,5-6,9-14,19-20,27H,4,7-8,15H2,(H,25,28,29). The van der Waals surface area contributed by atoms with Gasteiger partial charge in [-0.1, -0.05) is 42.5 Å². The van der Waals surface area contributed by atoms with Crippen molar-refractivity contribution in [1.82, 2.24) is 10.3 Å². The van der Waals surface area contributed by atoms with Gasteiger partial charge in [-0.3, -0.25) is 15.0 Å². The number of carbonyl (C=O) groups is 2. The number of hydrogen-bond donors (Lipinski definition) is 2. The number of thiazole rings is 1. The predicted molar refractivity (Wildman–Crippen MR) is 116 cm³/mol. The van der Waals surface area contributed by atoms with Crippen LogP contribution in [0.15, 0.2) is 66.2 Å². The Labute approximate surface area is 179 Å². The zero-order valence-corrected chi connectivity index (χ0v) is 17.2. The molecule has 0 aliphatic carbocycles. The van der Waals surface area contributed by atoms with E-state index in [1.807, 2.05) is 47.8 Å². The highest BCUT2D eigenvalue weighted by atomic mass is 32.1. The van der Waals surface area contributed by atoms with E-state index in [9.17, 15) is 14.7 Å². The van der Waals surface area contributed by atoms with Crippen molar-refractivity contribution in [3.8, 4) is 0 Å². The van der Waals surface area contributed by atoms with E-state index in [4.69, 9.17) is 0 Å². The number of urea groups is 1. The fourth-order valence-electron chi connectivity index (χ4n) is 3.70. The van der Waals surface area contributed by atoms with E-state index >= 15 is 0 Å². The molecule has 0 saturated carbocycles. The predicted octanol–water partition coefficient (Wildman–Crippen LogP) is 3.87. The molecule has 7 heteroatoms. The maximum atomic E-state index is 12.4. The number of nitrogens with one attached hydrogen (secondary N) is 1. The second-order valence-electron chi connectivity index (χ2n) is 7.30. The molecule has 1 aliphatic heterocycles. The van der Waals surface area contributed by atoms with Gasteiger partial charge in [0.2, 0.25) is 0 Å². The lowest BCUT2D eigenvalue weighted by atomic mass is 10.0. The number of aliphatic hydroxyl groups excluding tert-OH is 1. The van der Waals surface area contributed by atoms with E-state index in [0.29, 0.717) is 18.5 Å². The van der Waals surface area contributed by atoms with Crippen molar-refractivity contribution in [2.75, 3.05) is 4.90 Å². The third-order valence-corrected chi connectivity index (χ3v) is 6.08. The van der Waals surface area contributed by atoms with E-state index in [1.165, 1.54) is 4.90 Å². The van der Waals surface area contributed by atoms with E-state index in [-0.39, 0.29) is 5.91 Å². The van der Waals surface area contributed by atoms with Gasteiger partial charge in [0.05, 0.1) is 11.1 Å². The van der Waals surface area contributed by atoms with Crippen molar-refractivity contribution in [1.29, 1.82) is 0 Å². The monoisotopic (exact) mass is 421 g/mol. The highest BCUT2D eigenvalue weighted by Gasteiger charge is 2.38. The molecule has 0 spiro atoms. The summed E-state index contributed by atoms with van der Waals surface area (Å²) in [5, 5.41) is 15.9. The van der Waals surface area contributed by atoms with Crippen LogP contribution in [0, 0.1) is 0 Å². The third kappa shape index (κ3) is 4.58. The number of hydrogen-bond acceptors (Lipinski definition) is 5. The van der Waals surface area contributed by atoms with E-state index in [0.717, 1.165) is 29.0 Å². The fraction of sp³-hybridized carbons (Fsp3) is 0.261. The van der Waals surface area contributed by atoms with Gasteiger partial charge in [-0.25, -0.2) is 9.78 Å². The lowest BCUT2D eigenvalue weighted by Crippen LogP contribution is -2.35. The van der Waals surface area contributed by atoms with Gasteiger partial charge in [0, 0.05) is 23.7 Å². The molecular weight excluding hydrogens is 398 g/mol. The van der Waals surface area contributed by atoms with Gasteiger partial charge < -0.3 is 5.11 Å². The fourth-order valence-corrected chi connectivity index (χ4v) is 4.36. The van der Waals surface area contributed by atoms with Crippen LogP contribution in [0.25, 0.3) is 0 Å². The quantitative estimate of drug-likeness (QED) is 0.541. The highest BCUT2D eigenvalue weighted by molar-refractivity contribution is 7.09. The van der Waals surface area contributed by atoms with E-state index < -0.39 is 18.2 Å². The van der Waals surface area contributed by atoms with Gasteiger partial charge >= 0.3 is 6.03 Å². The molecule has 2 aromatic carbocycles. The summed E-state index contributed by atoms with van der Waals surface area (Å²) in [6.45, 7) is 0. The van der Waals surface area contributed by atoms with Crippen molar-refractivity contribution in [2.24, 2.45) is 0 Å². The van der Waals surface area contributed by atoms with Crippen LogP contribution in [0.5, 0.6) is 0 Å². The van der Waals surface area contributed by atoms with Crippen molar-refractivity contribution >= 4 is 29.0 Å². The van der Waals surface area contributed by atoms with Crippen LogP contribution < -0.4 is 10.2 Å². The molecule has 1 fully saturated rings. The number of benzene rings is 2. The van der Waals surface area contributed by atoms with Crippen LogP contribution in [0.2, 0.25) is 0 Å². The van der Waals surface area contributed by atoms with Gasteiger partial charge in [0.25, 0.3) is 5.91 Å². The molecule has 2 unspecified atom stereocenters. The number of aryl methyl sites for hydroxylation is 1. The van der Waals surface area contributed by atoms with Crippen LogP contribution in [0.4, 0.5) is 10.5 Å². The second-order valence-corrected chi connectivity index (χ2v) is 8.27. The smallest absolute Gasteiger partial charge is 0.329 e. The molecule has 1 aliphatic rings. The summed E-state index contributed by atoms with van der Waals surface area (Å²) in [7, 11) is 0. The number of imide groups is 1. The molecule has 3 amide bonds. The van der Waals surface area contributed by atoms with Crippen molar-refractivity contribution in [3.63, 3.8) is 0 Å². The number of aliphatic hydroxyl groups is 1. The maximum Gasteiger partial charge on any atom is 0.329 e. The van der Waals surface area contributed by atoms with Crippen molar-refractivity contribution < 1.29 is 14.7 Å². The van der Waals surface area contributed by atoms with Gasteiger partial charge in [0.15, 0.2) is 0 Å². The summed E-state index contributed by atoms with van der Waals surface area (Å²) in [4.78, 5) is 30.5. The number of amides is 3. The number of carbonyl (C=O) groups excluding carboxylic acids is 2. The first-order chi connectivity index (χ1) is 14.6. The first kappa shape index (κ1) is 20.3. The van der Waals surface area contributed by atoms with Crippen LogP contribution in [-0.4, -0.2) is 28.1 Å². The van der Waals surface area contributed by atoms with E-state index in [1.54, 1.807) is 29.7 Å². The number of nitrogens with zero attached hydrogens (tertiary/aromatic N) is 2. The minimum atomic E-state index is -0.635. The Balaban J connectivity index is 1.43. The molecule has 3 aromatic rings. The Morgan fingerprint density at radius 1 is 1.10 bits per heavy atom. The Bertz CT molecular complexity index is 990. The average molecular weight is 422 g/mol. The zero-order chi connectivity index (χ0) is 20.9. The lowest BCUT2D eigenvalue weighted by Gasteiger charge is -2.22. The van der Waals surface area contributed by atoms with Gasteiger partial charge in [0.1, 0.15) is 6.04 Å². The number of aromatic nitrogens is 1. The molecule has 6 nitrogen and oxygen atoms in total. The molecule has 0 bridgehead atoms. The Morgan fingerprint density at radius 3 is 2.57 bits per heavy atom. The van der Waals surface area contributed by atoms with Gasteiger partial charge in [-0.05, 0) is 42.5 Å². The van der Waals surface area contributed by atoms with E-state index in [2.05, 4.69) is 10.3 Å². The third-order valence-electron chi connectivity index (χ3n) is 5.24. The molecule has 2 N–H and O–H groups in total. The molecule has 2 atom stereocenters. The summed E-state index contributed by atoms with van der Waals surface area (Å²) in [5.41, 5.74) is 2.47. The Kier molecular flexibility index (Phi) is 6.21. The van der Waals surface area contributed by atoms with Crippen molar-refractivity contribution in [2.45, 2.75) is 37.8 Å². The molecular formula is C23H23N3O3S. The van der Waals surface area contributed by atoms with Crippen LogP contribution in [0.3, 0.4) is 0 Å². The maximum absolute atomic E-state index is 12.4. The Hall–Kier alpha value is -3.03. The topological polar surface area (TPSA) is 82.5 Å². The summed E-state index contributed by atoms with van der Waals surface area (Å²) in [6, 6.07) is 16.1. The van der Waals surface area contributed by atoms with Crippen LogP contribution >= 0.6 is 11.3 Å². The first-order valence-corrected chi connectivity index (χ1v) is 10.8. The summed E-state index contributed by atoms with van der Waals surface area (Å²) in [5.74, 6) is -0.271. The molecule has 4 rings (SSSR count). The molecule has 2 heterocycles. The van der Waals surface area contributed by atoms with Gasteiger partial charge in [-0.2, -0.15) is 0 Å². The molecule has 30 heavy (non-hydrogen) atoms. The zero-order valence-electron chi connectivity index (χ0n) is 16.4. The van der Waals surface area contributed by atoms with Crippen LogP contribution in [0.1, 0.15) is 35.1 Å². The highest BCUT2D eigenvalue weighted by Crippen LogP contribution is 2.27. The number of anilines is 1.